The molecular weight excluding hydrogens is 314 g/mol. The number of nitrogens with zero attached hydrogens (tertiary/aromatic N) is 1. The summed E-state index contributed by atoms with van der Waals surface area (Å²) in [5, 5.41) is 3.19. The first-order valence-electron chi connectivity index (χ1n) is 5.90. The SMILES string of the molecule is Fc1cc(F)cc(CCNCc2cccc(Br)n2)c1. The van der Waals surface area contributed by atoms with E-state index < -0.39 is 11.6 Å². The number of hydrogen-bond donors (Lipinski definition) is 1. The summed E-state index contributed by atoms with van der Waals surface area (Å²) in [6.45, 7) is 1.26. The fourth-order valence-corrected chi connectivity index (χ4v) is 2.13. The lowest BCUT2D eigenvalue weighted by atomic mass is 10.1. The van der Waals surface area contributed by atoms with Crippen LogP contribution in [0.2, 0.25) is 0 Å². The van der Waals surface area contributed by atoms with Gasteiger partial charge in [0.15, 0.2) is 0 Å². The van der Waals surface area contributed by atoms with Crippen LogP contribution in [0, 0.1) is 11.6 Å². The van der Waals surface area contributed by atoms with E-state index in [-0.39, 0.29) is 0 Å². The third-order valence-corrected chi connectivity index (χ3v) is 3.03. The van der Waals surface area contributed by atoms with Crippen molar-refractivity contribution in [1.82, 2.24) is 10.3 Å². The zero-order chi connectivity index (χ0) is 13.7. The average molecular weight is 327 g/mol. The van der Waals surface area contributed by atoms with E-state index in [4.69, 9.17) is 0 Å². The van der Waals surface area contributed by atoms with Crippen LogP contribution in [0.1, 0.15) is 11.3 Å². The molecule has 100 valence electrons. The smallest absolute Gasteiger partial charge is 0.126 e. The molecule has 0 fully saturated rings. The van der Waals surface area contributed by atoms with E-state index in [2.05, 4.69) is 26.2 Å². The van der Waals surface area contributed by atoms with Gasteiger partial charge in [-0.1, -0.05) is 6.07 Å². The van der Waals surface area contributed by atoms with Crippen molar-refractivity contribution in [2.45, 2.75) is 13.0 Å². The quantitative estimate of drug-likeness (QED) is 0.672. The van der Waals surface area contributed by atoms with E-state index in [1.54, 1.807) is 0 Å². The number of aromatic nitrogens is 1. The van der Waals surface area contributed by atoms with Gasteiger partial charge < -0.3 is 5.32 Å². The van der Waals surface area contributed by atoms with Gasteiger partial charge in [-0.25, -0.2) is 13.8 Å². The molecule has 2 rings (SSSR count). The summed E-state index contributed by atoms with van der Waals surface area (Å²) >= 11 is 3.30. The van der Waals surface area contributed by atoms with Crippen molar-refractivity contribution < 1.29 is 8.78 Å². The molecular formula is C14H13BrF2N2. The summed E-state index contributed by atoms with van der Waals surface area (Å²) in [5.74, 6) is -1.08. The third kappa shape index (κ3) is 4.69. The standard InChI is InChI=1S/C14H13BrF2N2/c15-14-3-1-2-13(19-14)9-18-5-4-10-6-11(16)8-12(17)7-10/h1-3,6-8,18H,4-5,9H2. The van der Waals surface area contributed by atoms with Crippen LogP contribution >= 0.6 is 15.9 Å². The molecule has 0 saturated heterocycles. The van der Waals surface area contributed by atoms with Gasteiger partial charge in [-0.3, -0.25) is 0 Å². The van der Waals surface area contributed by atoms with E-state index in [1.807, 2.05) is 18.2 Å². The molecule has 0 atom stereocenters. The van der Waals surface area contributed by atoms with Gasteiger partial charge in [0.2, 0.25) is 0 Å². The van der Waals surface area contributed by atoms with E-state index in [0.717, 1.165) is 16.4 Å². The third-order valence-electron chi connectivity index (χ3n) is 2.59. The Balaban J connectivity index is 1.80. The first-order valence-corrected chi connectivity index (χ1v) is 6.70. The van der Waals surface area contributed by atoms with Gasteiger partial charge in [0.1, 0.15) is 16.2 Å². The first kappa shape index (κ1) is 14.1. The first-order chi connectivity index (χ1) is 9.13. The minimum Gasteiger partial charge on any atom is -0.311 e. The van der Waals surface area contributed by atoms with Crippen molar-refractivity contribution in [3.63, 3.8) is 0 Å². The summed E-state index contributed by atoms with van der Waals surface area (Å²) in [7, 11) is 0. The number of rotatable bonds is 5. The predicted octanol–water partition coefficient (Wildman–Crippen LogP) is 3.45. The van der Waals surface area contributed by atoms with Gasteiger partial charge in [0, 0.05) is 12.6 Å². The summed E-state index contributed by atoms with van der Waals surface area (Å²) < 4.78 is 26.7. The van der Waals surface area contributed by atoms with Crippen LogP contribution in [0.5, 0.6) is 0 Å². The number of nitrogens with one attached hydrogen (secondary N) is 1. The van der Waals surface area contributed by atoms with Crippen LogP contribution in [0.3, 0.4) is 0 Å². The van der Waals surface area contributed by atoms with E-state index >= 15 is 0 Å². The summed E-state index contributed by atoms with van der Waals surface area (Å²) in [4.78, 5) is 4.28. The Morgan fingerprint density at radius 1 is 1.11 bits per heavy atom. The van der Waals surface area contributed by atoms with Crippen LogP contribution in [0.25, 0.3) is 0 Å². The molecule has 0 aliphatic heterocycles. The summed E-state index contributed by atoms with van der Waals surface area (Å²) in [5.41, 5.74) is 1.56. The second-order valence-electron chi connectivity index (χ2n) is 4.16. The number of pyridine rings is 1. The molecule has 1 N–H and O–H groups in total. The molecule has 0 saturated carbocycles. The Bertz CT molecular complexity index is 541. The molecule has 19 heavy (non-hydrogen) atoms. The normalized spacial score (nSPS) is 10.7. The highest BCUT2D eigenvalue weighted by Crippen LogP contribution is 2.08. The van der Waals surface area contributed by atoms with Gasteiger partial charge in [-0.05, 0) is 58.7 Å². The lowest BCUT2D eigenvalue weighted by molar-refractivity contribution is 0.577. The number of benzene rings is 1. The Kier molecular flexibility index (Phi) is 4.99. The highest BCUT2D eigenvalue weighted by molar-refractivity contribution is 9.10. The maximum atomic E-state index is 13.0. The molecule has 1 heterocycles. The minimum absolute atomic E-state index is 0.538. The predicted molar refractivity (Wildman–Crippen MR) is 73.7 cm³/mol. The molecule has 2 aromatic rings. The molecule has 0 spiro atoms. The summed E-state index contributed by atoms with van der Waals surface area (Å²) in [6.07, 6.45) is 0.572. The Morgan fingerprint density at radius 3 is 2.53 bits per heavy atom. The highest BCUT2D eigenvalue weighted by Gasteiger charge is 2.01. The largest absolute Gasteiger partial charge is 0.311 e. The maximum absolute atomic E-state index is 13.0. The van der Waals surface area contributed by atoms with Crippen molar-refractivity contribution in [3.8, 4) is 0 Å². The fraction of sp³-hybridized carbons (Fsp3) is 0.214. The van der Waals surface area contributed by atoms with Crippen LogP contribution in [-0.4, -0.2) is 11.5 Å². The van der Waals surface area contributed by atoms with E-state index in [1.165, 1.54) is 12.1 Å². The van der Waals surface area contributed by atoms with E-state index in [0.29, 0.717) is 25.1 Å². The van der Waals surface area contributed by atoms with E-state index in [9.17, 15) is 8.78 Å². The zero-order valence-electron chi connectivity index (χ0n) is 10.2. The average Bonchev–Trinajstić information content (AvgIpc) is 2.34. The van der Waals surface area contributed by atoms with Crippen molar-refractivity contribution in [3.05, 3.63) is 63.9 Å². The maximum Gasteiger partial charge on any atom is 0.126 e. The molecule has 1 aromatic carbocycles. The van der Waals surface area contributed by atoms with Gasteiger partial charge in [0.25, 0.3) is 0 Å². The van der Waals surface area contributed by atoms with Crippen LogP contribution in [-0.2, 0) is 13.0 Å². The minimum atomic E-state index is -0.538. The Labute approximate surface area is 119 Å². The molecule has 0 aliphatic carbocycles. The van der Waals surface area contributed by atoms with Gasteiger partial charge in [0.05, 0.1) is 5.69 Å². The highest BCUT2D eigenvalue weighted by atomic mass is 79.9. The van der Waals surface area contributed by atoms with Crippen LogP contribution < -0.4 is 5.32 Å². The second kappa shape index (κ2) is 6.73. The Hall–Kier alpha value is -1.33. The molecule has 0 aliphatic rings. The van der Waals surface area contributed by atoms with Gasteiger partial charge >= 0.3 is 0 Å². The molecule has 1 aromatic heterocycles. The number of halogens is 3. The Morgan fingerprint density at radius 2 is 1.84 bits per heavy atom. The van der Waals surface area contributed by atoms with Crippen LogP contribution in [0.15, 0.2) is 41.0 Å². The van der Waals surface area contributed by atoms with Crippen LogP contribution in [0.4, 0.5) is 8.78 Å². The van der Waals surface area contributed by atoms with Gasteiger partial charge in [-0.2, -0.15) is 0 Å². The fourth-order valence-electron chi connectivity index (χ4n) is 1.75. The summed E-state index contributed by atoms with van der Waals surface area (Å²) in [6, 6.07) is 9.27. The number of hydrogen-bond acceptors (Lipinski definition) is 2. The van der Waals surface area contributed by atoms with Crippen molar-refractivity contribution >= 4 is 15.9 Å². The molecule has 0 radical (unpaired) electrons. The molecule has 0 bridgehead atoms. The van der Waals surface area contributed by atoms with Gasteiger partial charge in [-0.15, -0.1) is 0 Å². The monoisotopic (exact) mass is 326 g/mol. The van der Waals surface area contributed by atoms with Crippen molar-refractivity contribution in [2.75, 3.05) is 6.54 Å². The lowest BCUT2D eigenvalue weighted by Gasteiger charge is -2.05. The van der Waals surface area contributed by atoms with Crippen molar-refractivity contribution in [2.24, 2.45) is 0 Å². The molecule has 0 amide bonds. The zero-order valence-corrected chi connectivity index (χ0v) is 11.8. The lowest BCUT2D eigenvalue weighted by Crippen LogP contribution is -2.17. The topological polar surface area (TPSA) is 24.9 Å². The molecule has 5 heteroatoms. The molecule has 2 nitrogen and oxygen atoms in total. The molecule has 0 unspecified atom stereocenters. The van der Waals surface area contributed by atoms with Crippen molar-refractivity contribution in [1.29, 1.82) is 0 Å². The second-order valence-corrected chi connectivity index (χ2v) is 4.97.